The number of amidine groups is 2. The van der Waals surface area contributed by atoms with Crippen molar-refractivity contribution >= 4 is 63.6 Å². The summed E-state index contributed by atoms with van der Waals surface area (Å²) in [5.41, 5.74) is 5.42. The van der Waals surface area contributed by atoms with Crippen molar-refractivity contribution in [1.82, 2.24) is 9.47 Å². The van der Waals surface area contributed by atoms with Crippen molar-refractivity contribution in [3.63, 3.8) is 0 Å². The molecule has 1 aromatic heterocycles. The van der Waals surface area contributed by atoms with Gasteiger partial charge in [0.2, 0.25) is 0 Å². The van der Waals surface area contributed by atoms with Crippen LogP contribution in [0.2, 0.25) is 10.0 Å². The van der Waals surface area contributed by atoms with Crippen LogP contribution in [0, 0.1) is 19.3 Å². The lowest BCUT2D eigenvalue weighted by atomic mass is 10.1. The van der Waals surface area contributed by atoms with Crippen molar-refractivity contribution in [2.45, 2.75) is 13.8 Å². The largest absolute Gasteiger partial charge is 0.316 e. The highest BCUT2D eigenvalue weighted by molar-refractivity contribution is 8.17. The Labute approximate surface area is 205 Å². The van der Waals surface area contributed by atoms with Gasteiger partial charge in [-0.3, -0.25) is 15.1 Å². The number of amides is 1. The first-order valence-corrected chi connectivity index (χ1v) is 11.8. The molecule has 5 rings (SSSR count). The van der Waals surface area contributed by atoms with Crippen LogP contribution in [0.3, 0.4) is 0 Å². The Balaban J connectivity index is 1.57. The molecule has 33 heavy (non-hydrogen) atoms. The lowest BCUT2D eigenvalue weighted by molar-refractivity contribution is -0.114. The third-order valence-electron chi connectivity index (χ3n) is 5.60. The van der Waals surface area contributed by atoms with Crippen LogP contribution in [0.1, 0.15) is 22.5 Å². The maximum atomic E-state index is 12.9. The van der Waals surface area contributed by atoms with E-state index in [-0.39, 0.29) is 11.4 Å². The summed E-state index contributed by atoms with van der Waals surface area (Å²) in [7, 11) is 0. The number of hydrogen-bond acceptors (Lipinski definition) is 3. The van der Waals surface area contributed by atoms with Gasteiger partial charge in [0, 0.05) is 21.8 Å². The Hall–Kier alpha value is -3.06. The second-order valence-corrected chi connectivity index (χ2v) is 9.37. The number of aryl methyl sites for hydroxylation is 1. The van der Waals surface area contributed by atoms with Crippen LogP contribution in [0.4, 0.5) is 0 Å². The summed E-state index contributed by atoms with van der Waals surface area (Å²) >= 11 is 14.0. The summed E-state index contributed by atoms with van der Waals surface area (Å²) in [5, 5.41) is 12.4. The molecule has 0 bridgehead atoms. The normalized spacial score (nSPS) is 16.8. The molecule has 0 aliphatic carbocycles. The van der Waals surface area contributed by atoms with Gasteiger partial charge in [0.05, 0.1) is 22.0 Å². The van der Waals surface area contributed by atoms with Crippen molar-refractivity contribution in [2.24, 2.45) is 4.99 Å². The minimum atomic E-state index is -0.424. The number of benzene rings is 2. The highest BCUT2D eigenvalue weighted by Gasteiger charge is 2.36. The fraction of sp³-hybridized carbons (Fsp3) is 0.0800. The summed E-state index contributed by atoms with van der Waals surface area (Å²) in [4.78, 5) is 18.8. The number of carbonyl (C=O) groups excluding carboxylic acids is 1. The summed E-state index contributed by atoms with van der Waals surface area (Å²) in [6, 6.07) is 17.1. The number of hydrogen-bond donors (Lipinski definition) is 1. The molecule has 2 aromatic carbocycles. The first-order chi connectivity index (χ1) is 15.8. The fourth-order valence-electron chi connectivity index (χ4n) is 4.03. The zero-order chi connectivity index (χ0) is 23.3. The standard InChI is InChI=1S/C25H18Cl2N4OS/c1-14-10-17(15(2)30(14)21-12-18(26)8-9-20(21)27)11-19-23(28)31-22(16-6-4-3-5-7-16)13-33-25(31)29-24(19)32/h3-13,28H,1-2H3/b19-11-,28-23?. The SMILES string of the molecule is Cc1cc(/C=C2/C(=N)N3C(c4ccccc4)=CSC3=NC2=O)c(C)n1-c1cc(Cl)ccc1Cl. The Morgan fingerprint density at radius 1 is 1.06 bits per heavy atom. The van der Waals surface area contributed by atoms with Crippen LogP contribution in [-0.4, -0.2) is 26.4 Å². The monoisotopic (exact) mass is 492 g/mol. The Bertz CT molecular complexity index is 1420. The van der Waals surface area contributed by atoms with Crippen molar-refractivity contribution in [3.05, 3.63) is 98.1 Å². The van der Waals surface area contributed by atoms with Crippen molar-refractivity contribution in [3.8, 4) is 5.69 Å². The van der Waals surface area contributed by atoms with Gasteiger partial charge >= 0.3 is 0 Å². The van der Waals surface area contributed by atoms with E-state index in [0.717, 1.165) is 33.9 Å². The van der Waals surface area contributed by atoms with Gasteiger partial charge in [-0.15, -0.1) is 0 Å². The summed E-state index contributed by atoms with van der Waals surface area (Å²) in [6.45, 7) is 3.91. The quantitative estimate of drug-likeness (QED) is 0.413. The van der Waals surface area contributed by atoms with Crippen molar-refractivity contribution < 1.29 is 4.79 Å². The molecule has 0 fully saturated rings. The predicted molar refractivity (Wildman–Crippen MR) is 137 cm³/mol. The van der Waals surface area contributed by atoms with E-state index < -0.39 is 5.91 Å². The van der Waals surface area contributed by atoms with E-state index in [0.29, 0.717) is 15.2 Å². The average Bonchev–Trinajstić information content (AvgIpc) is 3.34. The lowest BCUT2D eigenvalue weighted by Gasteiger charge is -2.26. The van der Waals surface area contributed by atoms with Crippen LogP contribution in [-0.2, 0) is 4.79 Å². The number of fused-ring (bicyclic) bond motifs is 1. The van der Waals surface area contributed by atoms with Gasteiger partial charge in [-0.25, -0.2) is 0 Å². The zero-order valence-electron chi connectivity index (χ0n) is 17.8. The van der Waals surface area contributed by atoms with Crippen LogP contribution in [0.25, 0.3) is 17.5 Å². The molecule has 164 valence electrons. The van der Waals surface area contributed by atoms with Gasteiger partial charge in [-0.05, 0) is 55.3 Å². The summed E-state index contributed by atoms with van der Waals surface area (Å²) in [6.07, 6.45) is 1.73. The Morgan fingerprint density at radius 3 is 2.58 bits per heavy atom. The van der Waals surface area contributed by atoms with E-state index in [1.807, 2.05) is 66.3 Å². The van der Waals surface area contributed by atoms with E-state index in [9.17, 15) is 4.79 Å². The zero-order valence-corrected chi connectivity index (χ0v) is 20.1. The number of carbonyl (C=O) groups is 1. The van der Waals surface area contributed by atoms with Crippen LogP contribution >= 0.6 is 35.0 Å². The molecule has 0 unspecified atom stereocenters. The van der Waals surface area contributed by atoms with Crippen molar-refractivity contribution in [1.29, 1.82) is 5.41 Å². The second-order valence-electron chi connectivity index (χ2n) is 7.69. The van der Waals surface area contributed by atoms with Gasteiger partial charge in [-0.2, -0.15) is 4.99 Å². The molecular formula is C25H18Cl2N4OS. The summed E-state index contributed by atoms with van der Waals surface area (Å²) in [5.74, 6) is -0.317. The molecule has 0 saturated carbocycles. The van der Waals surface area contributed by atoms with Gasteiger partial charge in [0.15, 0.2) is 5.17 Å². The molecule has 0 spiro atoms. The molecule has 1 N–H and O–H groups in total. The Morgan fingerprint density at radius 2 is 1.82 bits per heavy atom. The number of thioether (sulfide) groups is 1. The third kappa shape index (κ3) is 3.74. The minimum absolute atomic E-state index is 0.107. The molecule has 3 aromatic rings. The first-order valence-electron chi connectivity index (χ1n) is 10.2. The van der Waals surface area contributed by atoms with E-state index in [2.05, 4.69) is 4.99 Å². The molecule has 1 amide bonds. The van der Waals surface area contributed by atoms with Crippen LogP contribution < -0.4 is 0 Å². The van der Waals surface area contributed by atoms with E-state index >= 15 is 0 Å². The van der Waals surface area contributed by atoms with Crippen LogP contribution in [0.15, 0.2) is 70.6 Å². The van der Waals surface area contributed by atoms with Crippen molar-refractivity contribution in [2.75, 3.05) is 0 Å². The van der Waals surface area contributed by atoms with Gasteiger partial charge < -0.3 is 4.57 Å². The molecule has 0 radical (unpaired) electrons. The van der Waals surface area contributed by atoms with Crippen LogP contribution in [0.5, 0.6) is 0 Å². The first kappa shape index (κ1) is 21.8. The molecule has 2 aliphatic rings. The number of nitrogens with one attached hydrogen (secondary N) is 1. The molecule has 8 heteroatoms. The van der Waals surface area contributed by atoms with E-state index in [4.69, 9.17) is 28.6 Å². The number of aromatic nitrogens is 1. The van der Waals surface area contributed by atoms with Gasteiger partial charge in [0.25, 0.3) is 5.91 Å². The average molecular weight is 493 g/mol. The minimum Gasteiger partial charge on any atom is -0.316 e. The predicted octanol–water partition coefficient (Wildman–Crippen LogP) is 6.71. The van der Waals surface area contributed by atoms with Gasteiger partial charge in [-0.1, -0.05) is 65.3 Å². The fourth-order valence-corrected chi connectivity index (χ4v) is 5.29. The third-order valence-corrected chi connectivity index (χ3v) is 6.98. The Kier molecular flexibility index (Phi) is 5.52. The maximum Gasteiger partial charge on any atom is 0.283 e. The lowest BCUT2D eigenvalue weighted by Crippen LogP contribution is -2.38. The van der Waals surface area contributed by atoms with E-state index in [1.165, 1.54) is 11.8 Å². The smallest absolute Gasteiger partial charge is 0.283 e. The molecular weight excluding hydrogens is 475 g/mol. The number of rotatable bonds is 3. The molecule has 0 saturated heterocycles. The van der Waals surface area contributed by atoms with Gasteiger partial charge in [0.1, 0.15) is 5.84 Å². The number of halogens is 2. The highest BCUT2D eigenvalue weighted by atomic mass is 35.5. The number of aliphatic imine (C=N–C) groups is 1. The van der Waals surface area contributed by atoms with E-state index in [1.54, 1.807) is 23.1 Å². The molecule has 2 aliphatic heterocycles. The topological polar surface area (TPSA) is 61.5 Å². The second kappa shape index (κ2) is 8.37. The molecule has 3 heterocycles. The summed E-state index contributed by atoms with van der Waals surface area (Å²) < 4.78 is 1.99. The molecule has 0 atom stereocenters. The molecule has 5 nitrogen and oxygen atoms in total. The number of nitrogens with zero attached hydrogens (tertiary/aromatic N) is 3. The maximum absolute atomic E-state index is 12.9. The highest BCUT2D eigenvalue weighted by Crippen LogP contribution is 2.38.